The minimum Gasteiger partial charge on any atom is -0.478 e. The first kappa shape index (κ1) is 23.1. The number of benzene rings is 3. The van der Waals surface area contributed by atoms with Crippen molar-refractivity contribution in [2.45, 2.75) is 6.18 Å². The molecule has 9 heteroatoms. The van der Waals surface area contributed by atoms with E-state index in [4.69, 9.17) is 5.11 Å². The quantitative estimate of drug-likeness (QED) is 0.495. The molecular formula is C24H14F3NO5. The summed E-state index contributed by atoms with van der Waals surface area (Å²) in [6.45, 7) is 0. The fraction of sp³-hybridized carbons (Fsp3) is 0.0417. The topological polar surface area (TPSA) is 104 Å². The first-order valence-corrected chi connectivity index (χ1v) is 9.26. The molecule has 1 amide bonds. The van der Waals surface area contributed by atoms with Gasteiger partial charge in [-0.05, 0) is 60.7 Å². The van der Waals surface area contributed by atoms with E-state index in [1.54, 1.807) is 0 Å². The van der Waals surface area contributed by atoms with E-state index < -0.39 is 29.6 Å². The minimum absolute atomic E-state index is 0.182. The van der Waals surface area contributed by atoms with Gasteiger partial charge in [-0.25, -0.2) is 9.59 Å². The average Bonchev–Trinajstić information content (AvgIpc) is 2.77. The van der Waals surface area contributed by atoms with Crippen LogP contribution in [-0.4, -0.2) is 28.1 Å². The Labute approximate surface area is 185 Å². The van der Waals surface area contributed by atoms with Crippen LogP contribution in [0.1, 0.15) is 47.8 Å². The van der Waals surface area contributed by atoms with Gasteiger partial charge >= 0.3 is 18.1 Å². The lowest BCUT2D eigenvalue weighted by atomic mass is 10.0. The summed E-state index contributed by atoms with van der Waals surface area (Å²) in [4.78, 5) is 35.0. The molecule has 33 heavy (non-hydrogen) atoms. The molecule has 0 atom stereocenters. The number of carboxylic acid groups (broad SMARTS) is 2. The summed E-state index contributed by atoms with van der Waals surface area (Å²) >= 11 is 0. The molecule has 6 nitrogen and oxygen atoms in total. The summed E-state index contributed by atoms with van der Waals surface area (Å²) in [5.41, 5.74) is -0.810. The van der Waals surface area contributed by atoms with E-state index in [1.807, 2.05) is 0 Å². The first-order chi connectivity index (χ1) is 15.5. The van der Waals surface area contributed by atoms with Gasteiger partial charge in [0.05, 0.1) is 22.3 Å². The van der Waals surface area contributed by atoms with Crippen LogP contribution < -0.4 is 5.32 Å². The summed E-state index contributed by atoms with van der Waals surface area (Å²) in [5.74, 6) is 1.83. The molecule has 0 radical (unpaired) electrons. The highest BCUT2D eigenvalue weighted by Gasteiger charge is 2.30. The van der Waals surface area contributed by atoms with Crippen LogP contribution in [0.4, 0.5) is 18.9 Å². The molecule has 0 aliphatic heterocycles. The Kier molecular flexibility index (Phi) is 6.49. The summed E-state index contributed by atoms with van der Waals surface area (Å²) in [5, 5.41) is 20.8. The van der Waals surface area contributed by atoms with Crippen molar-refractivity contribution in [3.05, 3.63) is 100 Å². The zero-order chi connectivity index (χ0) is 24.2. The number of carbonyl (C=O) groups is 3. The van der Waals surface area contributed by atoms with Gasteiger partial charge < -0.3 is 15.5 Å². The van der Waals surface area contributed by atoms with E-state index in [0.29, 0.717) is 5.56 Å². The first-order valence-electron chi connectivity index (χ1n) is 9.26. The summed E-state index contributed by atoms with van der Waals surface area (Å²) < 4.78 is 38.4. The van der Waals surface area contributed by atoms with E-state index in [-0.39, 0.29) is 27.9 Å². The fourth-order valence-corrected chi connectivity index (χ4v) is 2.80. The lowest BCUT2D eigenvalue weighted by Crippen LogP contribution is -2.17. The molecular weight excluding hydrogens is 439 g/mol. The van der Waals surface area contributed by atoms with Gasteiger partial charge in [0, 0.05) is 16.8 Å². The maximum atomic E-state index is 12.8. The second-order valence-electron chi connectivity index (χ2n) is 6.73. The Morgan fingerprint density at radius 1 is 0.758 bits per heavy atom. The van der Waals surface area contributed by atoms with Gasteiger partial charge in [0.15, 0.2) is 0 Å². The average molecular weight is 453 g/mol. The van der Waals surface area contributed by atoms with Gasteiger partial charge in [-0.3, -0.25) is 4.79 Å². The molecule has 0 aliphatic rings. The molecule has 3 rings (SSSR count). The number of alkyl halides is 3. The third-order valence-corrected chi connectivity index (χ3v) is 4.43. The number of carbonyl (C=O) groups excluding carboxylic acids is 1. The SMILES string of the molecule is O=C(O)c1ccc(C(=O)O)c(C(=O)Nc2ccc(C#Cc3cccc(C(F)(F)F)c3)cc2)c1. The van der Waals surface area contributed by atoms with Crippen molar-refractivity contribution in [2.75, 3.05) is 5.32 Å². The Morgan fingerprint density at radius 2 is 1.42 bits per heavy atom. The third-order valence-electron chi connectivity index (χ3n) is 4.43. The number of amides is 1. The summed E-state index contributed by atoms with van der Waals surface area (Å²) in [6, 6.07) is 13.6. The van der Waals surface area contributed by atoms with Crippen molar-refractivity contribution < 1.29 is 37.8 Å². The number of halogens is 3. The molecule has 0 spiro atoms. The van der Waals surface area contributed by atoms with Gasteiger partial charge in [0.25, 0.3) is 5.91 Å². The molecule has 3 aromatic rings. The number of carboxylic acids is 2. The van der Waals surface area contributed by atoms with Gasteiger partial charge in [0.1, 0.15) is 0 Å². The predicted molar refractivity (Wildman–Crippen MR) is 112 cm³/mol. The molecule has 0 unspecified atom stereocenters. The lowest BCUT2D eigenvalue weighted by molar-refractivity contribution is -0.137. The van der Waals surface area contributed by atoms with Crippen molar-refractivity contribution in [3.8, 4) is 11.8 Å². The normalized spacial score (nSPS) is 10.6. The molecule has 0 bridgehead atoms. The zero-order valence-electron chi connectivity index (χ0n) is 16.6. The van der Waals surface area contributed by atoms with E-state index >= 15 is 0 Å². The fourth-order valence-electron chi connectivity index (χ4n) is 2.80. The van der Waals surface area contributed by atoms with Crippen LogP contribution in [0.5, 0.6) is 0 Å². The van der Waals surface area contributed by atoms with Crippen molar-refractivity contribution in [1.29, 1.82) is 0 Å². The summed E-state index contributed by atoms with van der Waals surface area (Å²) in [7, 11) is 0. The van der Waals surface area contributed by atoms with Crippen LogP contribution >= 0.6 is 0 Å². The van der Waals surface area contributed by atoms with E-state index in [0.717, 1.165) is 30.3 Å². The predicted octanol–water partition coefficient (Wildman–Crippen LogP) is 4.75. The number of nitrogens with one attached hydrogen (secondary N) is 1. The number of rotatable bonds is 4. The maximum absolute atomic E-state index is 12.8. The smallest absolute Gasteiger partial charge is 0.416 e. The maximum Gasteiger partial charge on any atom is 0.416 e. The Bertz CT molecular complexity index is 1300. The summed E-state index contributed by atoms with van der Waals surface area (Å²) in [6.07, 6.45) is -4.47. The number of anilines is 1. The van der Waals surface area contributed by atoms with Crippen LogP contribution in [-0.2, 0) is 6.18 Å². The van der Waals surface area contributed by atoms with Gasteiger partial charge in [0.2, 0.25) is 0 Å². The molecule has 3 N–H and O–H groups in total. The van der Waals surface area contributed by atoms with E-state index in [2.05, 4.69) is 17.2 Å². The van der Waals surface area contributed by atoms with Gasteiger partial charge in [-0.15, -0.1) is 0 Å². The van der Waals surface area contributed by atoms with Crippen molar-refractivity contribution in [3.63, 3.8) is 0 Å². The molecule has 0 heterocycles. The van der Waals surface area contributed by atoms with Crippen LogP contribution in [0.2, 0.25) is 0 Å². The minimum atomic E-state index is -4.47. The molecule has 0 saturated carbocycles. The molecule has 166 valence electrons. The Balaban J connectivity index is 1.78. The van der Waals surface area contributed by atoms with E-state index in [9.17, 15) is 32.7 Å². The van der Waals surface area contributed by atoms with Crippen molar-refractivity contribution in [1.82, 2.24) is 0 Å². The van der Waals surface area contributed by atoms with Crippen LogP contribution in [0, 0.1) is 11.8 Å². The van der Waals surface area contributed by atoms with E-state index in [1.165, 1.54) is 36.4 Å². The standard InChI is InChI=1S/C24H14F3NO5/c25-24(26,27)17-3-1-2-15(12-17)5-4-14-6-9-18(10-7-14)28-21(29)20-13-16(22(30)31)8-11-19(20)23(32)33/h1-3,6-13H,(H,28,29)(H,30,31)(H,32,33). The van der Waals surface area contributed by atoms with Gasteiger partial charge in [-0.1, -0.05) is 17.9 Å². The third kappa shape index (κ3) is 5.77. The highest BCUT2D eigenvalue weighted by atomic mass is 19.4. The monoisotopic (exact) mass is 453 g/mol. The molecule has 0 aromatic heterocycles. The van der Waals surface area contributed by atoms with Crippen LogP contribution in [0.3, 0.4) is 0 Å². The molecule has 0 saturated heterocycles. The molecule has 0 fully saturated rings. The van der Waals surface area contributed by atoms with Gasteiger partial charge in [-0.2, -0.15) is 13.2 Å². The second-order valence-corrected chi connectivity index (χ2v) is 6.73. The Morgan fingerprint density at radius 3 is 2.03 bits per heavy atom. The highest BCUT2D eigenvalue weighted by Crippen LogP contribution is 2.29. The number of hydrogen-bond acceptors (Lipinski definition) is 3. The second kappa shape index (κ2) is 9.28. The number of hydrogen-bond donors (Lipinski definition) is 3. The van der Waals surface area contributed by atoms with Crippen LogP contribution in [0.25, 0.3) is 0 Å². The largest absolute Gasteiger partial charge is 0.478 e. The van der Waals surface area contributed by atoms with Crippen molar-refractivity contribution >= 4 is 23.5 Å². The van der Waals surface area contributed by atoms with Crippen LogP contribution in [0.15, 0.2) is 66.7 Å². The van der Waals surface area contributed by atoms with Crippen molar-refractivity contribution in [2.24, 2.45) is 0 Å². The molecule has 3 aromatic carbocycles. The molecule has 0 aliphatic carbocycles. The zero-order valence-corrected chi connectivity index (χ0v) is 16.6. The highest BCUT2D eigenvalue weighted by molar-refractivity contribution is 6.11. The number of aromatic carboxylic acids is 2. The lowest BCUT2D eigenvalue weighted by Gasteiger charge is -2.09. The Hall–Kier alpha value is -4.58.